The van der Waals surface area contributed by atoms with Crippen LogP contribution in [-0.4, -0.2) is 28.2 Å². The van der Waals surface area contributed by atoms with Crippen LogP contribution in [0.5, 0.6) is 0 Å². The standard InChI is InChI=1S/3C35H23N2OP/c38-39(25-14-3-1-4-15-25,26-16-5-2-6-17-26)34-27-18-8-7-13-24(27)23-29-28-19-9-11-21-31(28)37-32-22-12-10-20-30(32)36-35(37)33(29)34;38-39(26-14-3-1-4-15-26,27-16-5-2-6-17-27)33-21-11-20-32-34(33)36-35-30-23-25-13-8-7-12-24(25)22-29(30)28-18-9-10-19-31(28)37(32)35;38-39(26-13-3-1-4-14-26,27-15-5-2-6-16-27)28-19-20-34-32(23-28)36-35-31-22-25-12-8-7-11-24(25)21-30(31)29-17-9-10-18-33(29)37(34)35/h3*1-23H. The van der Waals surface area contributed by atoms with Crippen LogP contribution in [0.15, 0.2) is 419 Å². The van der Waals surface area contributed by atoms with Crippen molar-refractivity contribution in [2.24, 2.45) is 0 Å². The minimum absolute atomic E-state index is 0.763. The molecule has 12 heteroatoms. The van der Waals surface area contributed by atoms with Gasteiger partial charge >= 0.3 is 0 Å². The van der Waals surface area contributed by atoms with Gasteiger partial charge in [0, 0.05) is 80.1 Å². The van der Waals surface area contributed by atoms with Crippen LogP contribution < -0.4 is 47.7 Å². The van der Waals surface area contributed by atoms with Crippen molar-refractivity contribution in [2.75, 3.05) is 0 Å². The normalized spacial score (nSPS) is 12.2. The Bertz CT molecular complexity index is 8170. The molecule has 24 rings (SSSR count). The highest BCUT2D eigenvalue weighted by Crippen LogP contribution is 2.51. The van der Waals surface area contributed by atoms with Crippen LogP contribution in [0, 0.1) is 0 Å². The second-order valence-electron chi connectivity index (χ2n) is 29.9. The molecule has 0 bridgehead atoms. The minimum Gasteiger partial charge on any atom is -0.309 e. The Labute approximate surface area is 672 Å². The maximum Gasteiger partial charge on any atom is 0.173 e. The summed E-state index contributed by atoms with van der Waals surface area (Å²) in [5.41, 5.74) is 11.5. The molecule has 0 radical (unpaired) electrons. The van der Waals surface area contributed by atoms with Gasteiger partial charge in [-0.3, -0.25) is 13.2 Å². The molecule has 0 unspecified atom stereocenters. The molecule has 117 heavy (non-hydrogen) atoms. The lowest BCUT2D eigenvalue weighted by Gasteiger charge is -2.24. The molecule has 0 spiro atoms. The van der Waals surface area contributed by atoms with Crippen molar-refractivity contribution in [1.82, 2.24) is 28.2 Å². The predicted octanol–water partition coefficient (Wildman–Crippen LogP) is 22.8. The quantitative estimate of drug-likeness (QED) is 0.0810. The Hall–Kier alpha value is -14.2. The van der Waals surface area contributed by atoms with E-state index < -0.39 is 21.4 Å². The molecular weight excluding hydrogens is 1490 g/mol. The minimum atomic E-state index is -3.35. The number of aromatic nitrogens is 6. The zero-order chi connectivity index (χ0) is 77.9. The predicted molar refractivity (Wildman–Crippen MR) is 494 cm³/mol. The van der Waals surface area contributed by atoms with Crippen LogP contribution in [-0.2, 0) is 13.7 Å². The number of imidazole rings is 3. The highest BCUT2D eigenvalue weighted by Gasteiger charge is 2.37. The Morgan fingerprint density at radius 3 is 1.02 bits per heavy atom. The third-order valence-corrected chi connectivity index (χ3v) is 32.7. The van der Waals surface area contributed by atoms with Gasteiger partial charge in [0.1, 0.15) is 22.5 Å². The van der Waals surface area contributed by atoms with Crippen LogP contribution in [0.2, 0.25) is 0 Å². The zero-order valence-corrected chi connectivity index (χ0v) is 65.8. The second-order valence-corrected chi connectivity index (χ2v) is 38.1. The van der Waals surface area contributed by atoms with Gasteiger partial charge in [0.15, 0.2) is 21.4 Å². The number of benzene rings is 18. The summed E-state index contributed by atoms with van der Waals surface area (Å²) in [6, 6.07) is 142. The van der Waals surface area contributed by atoms with Crippen LogP contribution in [0.4, 0.5) is 0 Å². The van der Waals surface area contributed by atoms with E-state index >= 15 is 13.7 Å². The van der Waals surface area contributed by atoms with Gasteiger partial charge in [-0.05, 0) is 139 Å². The monoisotopic (exact) mass is 1550 g/mol. The SMILES string of the molecule is O=P(c1ccccc1)(c1ccccc1)c1c2ccccc2cc2c3ccccc3n3c4ccccc4nc3c12.O=P(c1ccccc1)(c1ccccc1)c1ccc2c(c1)nc1c3cc4ccccc4cc3c3ccccc3n21.O=P(c1ccccc1)(c1ccccc1)c1cccc2c1nc1c3cc4ccccc4cc3c3ccccc3n21. The molecule has 6 aromatic heterocycles. The molecule has 0 fully saturated rings. The number of para-hydroxylation sites is 6. The van der Waals surface area contributed by atoms with Gasteiger partial charge in [-0.2, -0.15) is 0 Å². The highest BCUT2D eigenvalue weighted by atomic mass is 31.2. The second kappa shape index (κ2) is 27.8. The molecule has 6 heterocycles. The summed E-state index contributed by atoms with van der Waals surface area (Å²) in [7, 11) is -9.66. The number of fused-ring (bicyclic) bond motifs is 27. The molecule has 0 N–H and O–H groups in total. The summed E-state index contributed by atoms with van der Waals surface area (Å²) < 4.78 is 53.1. The van der Waals surface area contributed by atoms with Crippen molar-refractivity contribution < 1.29 is 13.7 Å². The van der Waals surface area contributed by atoms with E-state index in [1.54, 1.807) is 0 Å². The maximum absolute atomic E-state index is 16.0. The fraction of sp³-hybridized carbons (Fsp3) is 0. The van der Waals surface area contributed by atoms with Crippen molar-refractivity contribution in [3.63, 3.8) is 0 Å². The molecule has 0 aliphatic rings. The fourth-order valence-corrected chi connectivity index (χ4v) is 26.6. The maximum atomic E-state index is 16.0. The Morgan fingerprint density at radius 1 is 0.197 bits per heavy atom. The molecule has 18 aromatic carbocycles. The summed E-state index contributed by atoms with van der Waals surface area (Å²) in [5, 5.41) is 24.2. The van der Waals surface area contributed by atoms with E-state index in [1.807, 2.05) is 218 Å². The first-order valence-electron chi connectivity index (χ1n) is 39.3. The molecule has 0 aliphatic heterocycles. The zero-order valence-electron chi connectivity index (χ0n) is 63.1. The van der Waals surface area contributed by atoms with Gasteiger partial charge < -0.3 is 13.7 Å². The van der Waals surface area contributed by atoms with E-state index in [0.29, 0.717) is 0 Å². The lowest BCUT2D eigenvalue weighted by molar-refractivity contribution is 0.591. The first-order valence-corrected chi connectivity index (χ1v) is 44.4. The molecule has 0 atom stereocenters. The summed E-state index contributed by atoms with van der Waals surface area (Å²) >= 11 is 0. The third-order valence-electron chi connectivity index (χ3n) is 23.4. The largest absolute Gasteiger partial charge is 0.309 e. The Balaban J connectivity index is 0.000000106. The van der Waals surface area contributed by atoms with Crippen molar-refractivity contribution in [3.8, 4) is 0 Å². The molecule has 0 saturated carbocycles. The summed E-state index contributed by atoms with van der Waals surface area (Å²) in [6.45, 7) is 0. The molecule has 9 nitrogen and oxygen atoms in total. The molecular formula is C105H69N6O3P3. The average Bonchev–Trinajstić information content (AvgIpc) is 1.68. The van der Waals surface area contributed by atoms with E-state index in [0.717, 1.165) is 152 Å². The van der Waals surface area contributed by atoms with Gasteiger partial charge in [0.25, 0.3) is 0 Å². The van der Waals surface area contributed by atoms with E-state index in [2.05, 4.69) is 213 Å². The van der Waals surface area contributed by atoms with E-state index in [9.17, 15) is 0 Å². The number of hydrogen-bond donors (Lipinski definition) is 0. The van der Waals surface area contributed by atoms with Crippen LogP contribution in [0.25, 0.3) is 147 Å². The summed E-state index contributed by atoms with van der Waals surface area (Å²) in [6.07, 6.45) is 0. The Kier molecular flexibility index (Phi) is 16.6. The van der Waals surface area contributed by atoms with Crippen molar-refractivity contribution in [2.45, 2.75) is 0 Å². The van der Waals surface area contributed by atoms with E-state index in [-0.39, 0.29) is 0 Å². The number of nitrogens with zero attached hydrogens (tertiary/aromatic N) is 6. The van der Waals surface area contributed by atoms with Crippen LogP contribution in [0.3, 0.4) is 0 Å². The van der Waals surface area contributed by atoms with Gasteiger partial charge in [0.05, 0.1) is 44.1 Å². The van der Waals surface area contributed by atoms with Crippen LogP contribution >= 0.6 is 21.4 Å². The molecule has 0 amide bonds. The van der Waals surface area contributed by atoms with Crippen molar-refractivity contribution in [1.29, 1.82) is 0 Å². The highest BCUT2D eigenvalue weighted by molar-refractivity contribution is 7.86. The fourth-order valence-electron chi connectivity index (χ4n) is 18.1. The van der Waals surface area contributed by atoms with Crippen molar-refractivity contribution >= 4 is 217 Å². The van der Waals surface area contributed by atoms with Gasteiger partial charge in [-0.1, -0.05) is 328 Å². The van der Waals surface area contributed by atoms with Crippen LogP contribution in [0.1, 0.15) is 0 Å². The lowest BCUT2D eigenvalue weighted by atomic mass is 10.0. The third kappa shape index (κ3) is 11.0. The number of hydrogen-bond acceptors (Lipinski definition) is 6. The topological polar surface area (TPSA) is 103 Å². The molecule has 0 aliphatic carbocycles. The first kappa shape index (κ1) is 69.5. The van der Waals surface area contributed by atoms with E-state index in [1.165, 1.54) is 43.1 Å². The number of rotatable bonds is 9. The lowest BCUT2D eigenvalue weighted by Crippen LogP contribution is -2.26. The number of pyridine rings is 3. The summed E-state index contributed by atoms with van der Waals surface area (Å²) in [4.78, 5) is 15.7. The van der Waals surface area contributed by atoms with Gasteiger partial charge in [-0.15, -0.1) is 0 Å². The van der Waals surface area contributed by atoms with Gasteiger partial charge in [0.2, 0.25) is 0 Å². The molecule has 0 saturated heterocycles. The summed E-state index contributed by atoms with van der Waals surface area (Å²) in [5.74, 6) is 0. The molecule has 24 aromatic rings. The first-order chi connectivity index (χ1) is 57.7. The van der Waals surface area contributed by atoms with Gasteiger partial charge in [-0.25, -0.2) is 15.0 Å². The van der Waals surface area contributed by atoms with E-state index in [4.69, 9.17) is 15.0 Å². The Morgan fingerprint density at radius 2 is 0.530 bits per heavy atom. The smallest absolute Gasteiger partial charge is 0.173 e. The average molecular weight is 1560 g/mol. The molecule has 552 valence electrons. The van der Waals surface area contributed by atoms with Crippen molar-refractivity contribution in [3.05, 3.63) is 419 Å².